The van der Waals surface area contributed by atoms with Gasteiger partial charge in [0.25, 0.3) is 0 Å². The van der Waals surface area contributed by atoms with Crippen LogP contribution in [0.5, 0.6) is 0 Å². The summed E-state index contributed by atoms with van der Waals surface area (Å²) in [5.74, 6) is 0.926. The van der Waals surface area contributed by atoms with E-state index in [-0.39, 0.29) is 5.88 Å². The average molecular weight is 227 g/mol. The molecule has 0 saturated heterocycles. The van der Waals surface area contributed by atoms with Gasteiger partial charge in [0, 0.05) is 6.54 Å². The highest BCUT2D eigenvalue weighted by Gasteiger charge is 2.13. The minimum Gasteiger partial charge on any atom is -0.405 e. The van der Waals surface area contributed by atoms with Gasteiger partial charge in [0.1, 0.15) is 10.7 Å². The van der Waals surface area contributed by atoms with Crippen molar-refractivity contribution in [2.24, 2.45) is 4.99 Å². The minimum absolute atomic E-state index is 0.216. The molecule has 1 N–H and O–H groups in total. The second kappa shape index (κ2) is 4.35. The molecule has 7 heteroatoms. The van der Waals surface area contributed by atoms with E-state index in [1.54, 1.807) is 6.07 Å². The highest BCUT2D eigenvalue weighted by Crippen LogP contribution is 2.20. The Bertz CT molecular complexity index is 402. The topological polar surface area (TPSA) is 80.7 Å². The number of nitro groups is 1. The van der Waals surface area contributed by atoms with Crippen molar-refractivity contribution >= 4 is 22.8 Å². The molecule has 1 aromatic heterocycles. The van der Waals surface area contributed by atoms with Crippen LogP contribution in [0.15, 0.2) is 21.5 Å². The van der Waals surface area contributed by atoms with Gasteiger partial charge in [-0.2, -0.15) is 0 Å². The zero-order valence-corrected chi connectivity index (χ0v) is 8.62. The molecule has 2 rings (SSSR count). The third kappa shape index (κ3) is 2.50. The fourth-order valence-electron chi connectivity index (χ4n) is 1.15. The maximum atomic E-state index is 10.3. The molecule has 0 fully saturated rings. The first kappa shape index (κ1) is 10.0. The molecule has 0 atom stereocenters. The molecule has 0 bridgehead atoms. The van der Waals surface area contributed by atoms with Gasteiger partial charge in [-0.3, -0.25) is 15.1 Å². The lowest BCUT2D eigenvalue weighted by atomic mass is 10.5. The number of aliphatic imine (C=N–C) groups is 1. The average Bonchev–Trinajstić information content (AvgIpc) is 2.86. The predicted octanol–water partition coefficient (Wildman–Crippen LogP) is 1.38. The molecule has 0 aliphatic carbocycles. The number of thioether (sulfide) groups is 1. The second-order valence-corrected chi connectivity index (χ2v) is 3.86. The number of furan rings is 1. The summed E-state index contributed by atoms with van der Waals surface area (Å²) in [6.45, 7) is 1.65. The lowest BCUT2D eigenvalue weighted by molar-refractivity contribution is -0.402. The number of nitrogens with zero attached hydrogens (tertiary/aromatic N) is 2. The van der Waals surface area contributed by atoms with Crippen LogP contribution in [0.1, 0.15) is 5.76 Å². The van der Waals surface area contributed by atoms with Crippen LogP contribution < -0.4 is 5.32 Å². The van der Waals surface area contributed by atoms with E-state index in [4.69, 9.17) is 4.42 Å². The Morgan fingerprint density at radius 1 is 1.67 bits per heavy atom. The third-order valence-corrected chi connectivity index (χ3v) is 2.80. The number of hydrogen-bond donors (Lipinski definition) is 1. The summed E-state index contributed by atoms with van der Waals surface area (Å²) in [7, 11) is 0. The first-order valence-electron chi connectivity index (χ1n) is 4.40. The van der Waals surface area contributed by atoms with E-state index in [0.29, 0.717) is 11.5 Å². The summed E-state index contributed by atoms with van der Waals surface area (Å²) in [5, 5.41) is 14.3. The van der Waals surface area contributed by atoms with Crippen molar-refractivity contribution in [3.05, 3.63) is 28.0 Å². The van der Waals surface area contributed by atoms with Gasteiger partial charge in [0.05, 0.1) is 18.4 Å². The normalized spacial score (nSPS) is 14.8. The smallest absolute Gasteiger partial charge is 0.405 e. The van der Waals surface area contributed by atoms with E-state index in [1.807, 2.05) is 0 Å². The molecule has 1 aliphatic rings. The standard InChI is InChI=1S/C8H9N3O3S/c12-11(13)7-2-1-6(14-7)5-15-8-9-3-4-10-8/h1-2H,3-5H2,(H,9,10). The molecule has 15 heavy (non-hydrogen) atoms. The molecule has 0 spiro atoms. The quantitative estimate of drug-likeness (QED) is 0.623. The second-order valence-electron chi connectivity index (χ2n) is 2.90. The van der Waals surface area contributed by atoms with Gasteiger partial charge in [-0.05, 0) is 6.07 Å². The number of amidine groups is 1. The summed E-state index contributed by atoms with van der Waals surface area (Å²) < 4.78 is 5.00. The maximum Gasteiger partial charge on any atom is 0.433 e. The van der Waals surface area contributed by atoms with Crippen LogP contribution in [0, 0.1) is 10.1 Å². The van der Waals surface area contributed by atoms with Crippen molar-refractivity contribution in [1.29, 1.82) is 0 Å². The van der Waals surface area contributed by atoms with Crippen molar-refractivity contribution in [2.45, 2.75) is 5.75 Å². The largest absolute Gasteiger partial charge is 0.433 e. The minimum atomic E-state index is -0.542. The van der Waals surface area contributed by atoms with Crippen LogP contribution in [0.2, 0.25) is 0 Å². The summed E-state index contributed by atoms with van der Waals surface area (Å²) in [5.41, 5.74) is 0. The molecule has 6 nitrogen and oxygen atoms in total. The summed E-state index contributed by atoms with van der Waals surface area (Å²) in [6, 6.07) is 2.97. The van der Waals surface area contributed by atoms with Crippen molar-refractivity contribution in [1.82, 2.24) is 5.32 Å². The van der Waals surface area contributed by atoms with E-state index in [0.717, 1.165) is 18.3 Å². The summed E-state index contributed by atoms with van der Waals surface area (Å²) in [4.78, 5) is 14.0. The highest BCUT2D eigenvalue weighted by atomic mass is 32.2. The highest BCUT2D eigenvalue weighted by molar-refractivity contribution is 8.13. The van der Waals surface area contributed by atoms with Crippen molar-refractivity contribution < 1.29 is 9.34 Å². The van der Waals surface area contributed by atoms with Gasteiger partial charge < -0.3 is 9.73 Å². The molecular formula is C8H9N3O3S. The first-order valence-corrected chi connectivity index (χ1v) is 5.38. The Hall–Kier alpha value is -1.50. The zero-order valence-electron chi connectivity index (χ0n) is 7.80. The molecule has 0 amide bonds. The molecule has 0 aromatic carbocycles. The Balaban J connectivity index is 1.90. The van der Waals surface area contributed by atoms with Gasteiger partial charge >= 0.3 is 5.88 Å². The van der Waals surface area contributed by atoms with E-state index >= 15 is 0 Å². The van der Waals surface area contributed by atoms with Crippen LogP contribution in [0.25, 0.3) is 0 Å². The molecule has 1 aliphatic heterocycles. The fourth-order valence-corrected chi connectivity index (χ4v) is 1.98. The number of hydrogen-bond acceptors (Lipinski definition) is 6. The van der Waals surface area contributed by atoms with Gasteiger partial charge in [-0.1, -0.05) is 11.8 Å². The zero-order chi connectivity index (χ0) is 10.7. The Kier molecular flexibility index (Phi) is 2.91. The molecule has 0 radical (unpaired) electrons. The third-order valence-electron chi connectivity index (χ3n) is 1.82. The van der Waals surface area contributed by atoms with E-state index in [9.17, 15) is 10.1 Å². The Morgan fingerprint density at radius 2 is 2.53 bits per heavy atom. The van der Waals surface area contributed by atoms with Crippen LogP contribution >= 0.6 is 11.8 Å². The SMILES string of the molecule is O=[N+]([O-])c1ccc(CSC2=NCCN2)o1. The van der Waals surface area contributed by atoms with Gasteiger partial charge in [-0.25, -0.2) is 0 Å². The fraction of sp³-hybridized carbons (Fsp3) is 0.375. The summed E-state index contributed by atoms with van der Waals surface area (Å²) in [6.07, 6.45) is 0. The van der Waals surface area contributed by atoms with Gasteiger partial charge in [0.15, 0.2) is 5.17 Å². The molecule has 0 saturated carbocycles. The van der Waals surface area contributed by atoms with Gasteiger partial charge in [-0.15, -0.1) is 0 Å². The number of rotatable bonds is 3. The molecule has 2 heterocycles. The van der Waals surface area contributed by atoms with Crippen LogP contribution in [0.4, 0.5) is 5.88 Å². The molecule has 0 unspecified atom stereocenters. The van der Waals surface area contributed by atoms with Crippen LogP contribution in [-0.4, -0.2) is 23.2 Å². The number of nitrogens with one attached hydrogen (secondary N) is 1. The van der Waals surface area contributed by atoms with Crippen LogP contribution in [0.3, 0.4) is 0 Å². The molecular weight excluding hydrogens is 218 g/mol. The van der Waals surface area contributed by atoms with Crippen molar-refractivity contribution in [2.75, 3.05) is 13.1 Å². The van der Waals surface area contributed by atoms with Crippen LogP contribution in [-0.2, 0) is 5.75 Å². The first-order chi connectivity index (χ1) is 7.25. The predicted molar refractivity (Wildman–Crippen MR) is 57.0 cm³/mol. The van der Waals surface area contributed by atoms with Crippen molar-refractivity contribution in [3.8, 4) is 0 Å². The van der Waals surface area contributed by atoms with E-state index in [2.05, 4.69) is 10.3 Å². The van der Waals surface area contributed by atoms with E-state index < -0.39 is 4.92 Å². The maximum absolute atomic E-state index is 10.3. The van der Waals surface area contributed by atoms with E-state index in [1.165, 1.54) is 17.8 Å². The monoisotopic (exact) mass is 227 g/mol. The summed E-state index contributed by atoms with van der Waals surface area (Å²) >= 11 is 1.48. The Labute approximate surface area is 89.9 Å². The van der Waals surface area contributed by atoms with Crippen molar-refractivity contribution in [3.63, 3.8) is 0 Å². The lowest BCUT2D eigenvalue weighted by Crippen LogP contribution is -2.14. The lowest BCUT2D eigenvalue weighted by Gasteiger charge is -1.98. The Morgan fingerprint density at radius 3 is 3.13 bits per heavy atom. The molecule has 1 aromatic rings. The van der Waals surface area contributed by atoms with Gasteiger partial charge in [0.2, 0.25) is 0 Å². The molecule has 80 valence electrons.